The molecule has 0 spiro atoms. The lowest BCUT2D eigenvalue weighted by Crippen LogP contribution is -2.28. The summed E-state index contributed by atoms with van der Waals surface area (Å²) < 4.78 is 5.25. The molecule has 0 bridgehead atoms. The maximum Gasteiger partial charge on any atom is 0.258 e. The Morgan fingerprint density at radius 3 is 2.60 bits per heavy atom. The van der Waals surface area contributed by atoms with E-state index in [1.807, 2.05) is 24.3 Å². The second-order valence-electron chi connectivity index (χ2n) is 7.06. The maximum atomic E-state index is 12.9. The summed E-state index contributed by atoms with van der Waals surface area (Å²) in [6, 6.07) is 20.0. The van der Waals surface area contributed by atoms with E-state index in [1.54, 1.807) is 54.5 Å². The number of carbonyl (C=O) groups is 2. The second kappa shape index (κ2) is 8.59. The molecule has 6 heteroatoms. The van der Waals surface area contributed by atoms with Crippen LogP contribution in [0.5, 0.6) is 5.75 Å². The molecule has 0 saturated carbocycles. The van der Waals surface area contributed by atoms with Crippen LogP contribution in [0.3, 0.4) is 0 Å². The Morgan fingerprint density at radius 1 is 1.07 bits per heavy atom. The molecule has 0 atom stereocenters. The zero-order valence-electron chi connectivity index (χ0n) is 16.5. The van der Waals surface area contributed by atoms with Crippen LogP contribution in [0.1, 0.15) is 31.8 Å². The van der Waals surface area contributed by atoms with E-state index in [0.29, 0.717) is 35.0 Å². The first kappa shape index (κ1) is 20.0. The predicted molar refractivity (Wildman–Crippen MR) is 117 cm³/mol. The minimum Gasteiger partial charge on any atom is -0.496 e. The molecule has 0 aromatic heterocycles. The first-order valence-electron chi connectivity index (χ1n) is 9.67. The van der Waals surface area contributed by atoms with Crippen molar-refractivity contribution in [3.63, 3.8) is 0 Å². The van der Waals surface area contributed by atoms with Crippen LogP contribution in [-0.4, -0.2) is 25.5 Å². The zero-order chi connectivity index (χ0) is 21.1. The largest absolute Gasteiger partial charge is 0.496 e. The molecule has 1 aliphatic rings. The van der Waals surface area contributed by atoms with E-state index in [4.69, 9.17) is 16.3 Å². The minimum atomic E-state index is -0.188. The molecule has 5 nitrogen and oxygen atoms in total. The second-order valence-corrected chi connectivity index (χ2v) is 7.50. The minimum absolute atomic E-state index is 0.0392. The summed E-state index contributed by atoms with van der Waals surface area (Å²) in [7, 11) is 1.55. The summed E-state index contributed by atoms with van der Waals surface area (Å²) in [5, 5.41) is 3.54. The Balaban J connectivity index is 1.45. The van der Waals surface area contributed by atoms with Crippen molar-refractivity contribution < 1.29 is 14.3 Å². The molecular formula is C24H21ClN2O3. The van der Waals surface area contributed by atoms with Gasteiger partial charge in [-0.1, -0.05) is 35.9 Å². The fraction of sp³-hybridized carbons (Fsp3) is 0.167. The molecule has 0 unspecified atom stereocenters. The van der Waals surface area contributed by atoms with Gasteiger partial charge in [-0.2, -0.15) is 0 Å². The van der Waals surface area contributed by atoms with Crippen molar-refractivity contribution in [1.82, 2.24) is 5.32 Å². The number of ether oxygens (including phenoxy) is 1. The van der Waals surface area contributed by atoms with Gasteiger partial charge in [-0.15, -0.1) is 0 Å². The highest BCUT2D eigenvalue weighted by Crippen LogP contribution is 2.30. The van der Waals surface area contributed by atoms with Gasteiger partial charge in [-0.25, -0.2) is 0 Å². The van der Waals surface area contributed by atoms with Gasteiger partial charge in [0.05, 0.1) is 12.7 Å². The van der Waals surface area contributed by atoms with Crippen molar-refractivity contribution in [1.29, 1.82) is 0 Å². The number of rotatable bonds is 5. The van der Waals surface area contributed by atoms with Crippen molar-refractivity contribution in [2.75, 3.05) is 18.6 Å². The van der Waals surface area contributed by atoms with Crippen LogP contribution >= 0.6 is 11.6 Å². The number of carbonyl (C=O) groups excluding carboxylic acids is 2. The predicted octanol–water partition coefficient (Wildman–Crippen LogP) is 4.48. The Kier molecular flexibility index (Phi) is 5.72. The Morgan fingerprint density at radius 2 is 1.83 bits per heavy atom. The number of methoxy groups -OCH3 is 1. The van der Waals surface area contributed by atoms with Gasteiger partial charge in [0.2, 0.25) is 0 Å². The molecule has 0 radical (unpaired) electrons. The summed E-state index contributed by atoms with van der Waals surface area (Å²) >= 11 is 5.92. The van der Waals surface area contributed by atoms with Crippen LogP contribution < -0.4 is 15.0 Å². The first-order chi connectivity index (χ1) is 14.6. The van der Waals surface area contributed by atoms with E-state index in [1.165, 1.54) is 0 Å². The number of fused-ring (bicyclic) bond motifs is 1. The number of para-hydroxylation sites is 1. The van der Waals surface area contributed by atoms with Crippen molar-refractivity contribution in [3.8, 4) is 5.75 Å². The van der Waals surface area contributed by atoms with E-state index in [-0.39, 0.29) is 11.8 Å². The molecule has 4 rings (SSSR count). The molecule has 30 heavy (non-hydrogen) atoms. The van der Waals surface area contributed by atoms with Gasteiger partial charge < -0.3 is 15.0 Å². The summed E-state index contributed by atoms with van der Waals surface area (Å²) in [4.78, 5) is 27.1. The van der Waals surface area contributed by atoms with Crippen LogP contribution in [0, 0.1) is 0 Å². The molecule has 1 N–H and O–H groups in total. The van der Waals surface area contributed by atoms with Gasteiger partial charge in [0.1, 0.15) is 5.75 Å². The summed E-state index contributed by atoms with van der Waals surface area (Å²) in [6.45, 7) is 1.03. The molecular weight excluding hydrogens is 400 g/mol. The van der Waals surface area contributed by atoms with E-state index >= 15 is 0 Å². The Bertz CT molecular complexity index is 1100. The van der Waals surface area contributed by atoms with Crippen molar-refractivity contribution in [2.45, 2.75) is 13.0 Å². The van der Waals surface area contributed by atoms with E-state index in [9.17, 15) is 9.59 Å². The number of hydrogen-bond acceptors (Lipinski definition) is 3. The van der Waals surface area contributed by atoms with Gasteiger partial charge >= 0.3 is 0 Å². The van der Waals surface area contributed by atoms with Crippen LogP contribution in [-0.2, 0) is 13.0 Å². The average molecular weight is 421 g/mol. The fourth-order valence-electron chi connectivity index (χ4n) is 3.63. The van der Waals surface area contributed by atoms with Crippen LogP contribution in [0.4, 0.5) is 5.69 Å². The lowest BCUT2D eigenvalue weighted by atomic mass is 10.1. The molecule has 2 amide bonds. The third kappa shape index (κ3) is 4.02. The van der Waals surface area contributed by atoms with E-state index < -0.39 is 0 Å². The smallest absolute Gasteiger partial charge is 0.258 e. The third-order valence-corrected chi connectivity index (χ3v) is 5.43. The van der Waals surface area contributed by atoms with Gasteiger partial charge in [-0.3, -0.25) is 9.59 Å². The highest BCUT2D eigenvalue weighted by Gasteiger charge is 2.25. The lowest BCUT2D eigenvalue weighted by Gasteiger charge is -2.18. The number of benzene rings is 3. The normalized spacial score (nSPS) is 12.4. The monoisotopic (exact) mass is 420 g/mol. The average Bonchev–Trinajstić information content (AvgIpc) is 3.20. The van der Waals surface area contributed by atoms with Crippen molar-refractivity contribution in [2.24, 2.45) is 0 Å². The molecule has 0 aliphatic carbocycles. The van der Waals surface area contributed by atoms with Gasteiger partial charge in [0, 0.05) is 29.4 Å². The summed E-state index contributed by atoms with van der Waals surface area (Å²) in [5.74, 6) is 0.315. The Hall–Kier alpha value is -3.31. The van der Waals surface area contributed by atoms with Crippen LogP contribution in [0.25, 0.3) is 0 Å². The highest BCUT2D eigenvalue weighted by molar-refractivity contribution is 6.30. The first-order valence-corrected chi connectivity index (χ1v) is 10.0. The molecule has 0 fully saturated rings. The van der Waals surface area contributed by atoms with Gasteiger partial charge in [0.15, 0.2) is 0 Å². The molecule has 152 valence electrons. The van der Waals surface area contributed by atoms with Crippen molar-refractivity contribution in [3.05, 3.63) is 94.0 Å². The molecule has 3 aromatic rings. The zero-order valence-corrected chi connectivity index (χ0v) is 17.3. The number of nitrogens with zero attached hydrogens (tertiary/aromatic N) is 1. The number of anilines is 1. The molecule has 3 aromatic carbocycles. The number of amides is 2. The standard InChI is InChI=1S/C24H21ClN2O3/c1-30-22-5-3-2-4-20(22)23(28)26-15-16-6-11-21-18(14-16)12-13-27(21)24(29)17-7-9-19(25)10-8-17/h2-11,14H,12-13,15H2,1H3,(H,26,28). The van der Waals surface area contributed by atoms with Crippen LogP contribution in [0.15, 0.2) is 66.7 Å². The lowest BCUT2D eigenvalue weighted by molar-refractivity contribution is 0.0946. The SMILES string of the molecule is COc1ccccc1C(=O)NCc1ccc2c(c1)CCN2C(=O)c1ccc(Cl)cc1. The third-order valence-electron chi connectivity index (χ3n) is 5.18. The quantitative estimate of drug-likeness (QED) is 0.662. The van der Waals surface area contributed by atoms with Gasteiger partial charge in [0.25, 0.3) is 11.8 Å². The molecule has 1 aliphatic heterocycles. The number of hydrogen-bond donors (Lipinski definition) is 1. The topological polar surface area (TPSA) is 58.6 Å². The number of halogens is 1. The summed E-state index contributed by atoms with van der Waals surface area (Å²) in [5.41, 5.74) is 4.11. The number of nitrogens with one attached hydrogen (secondary N) is 1. The maximum absolute atomic E-state index is 12.9. The Labute approximate surface area is 180 Å². The molecule has 0 saturated heterocycles. The summed E-state index contributed by atoms with van der Waals surface area (Å²) in [6.07, 6.45) is 0.781. The van der Waals surface area contributed by atoms with Crippen molar-refractivity contribution >= 4 is 29.1 Å². The van der Waals surface area contributed by atoms with Crippen LogP contribution in [0.2, 0.25) is 5.02 Å². The highest BCUT2D eigenvalue weighted by atomic mass is 35.5. The fourth-order valence-corrected chi connectivity index (χ4v) is 3.76. The van der Waals surface area contributed by atoms with E-state index in [2.05, 4.69) is 5.32 Å². The van der Waals surface area contributed by atoms with E-state index in [0.717, 1.165) is 23.2 Å². The van der Waals surface area contributed by atoms with Gasteiger partial charge in [-0.05, 0) is 60.0 Å². The molecule has 1 heterocycles.